The number of aromatic nitrogens is 4. The standard InChI is InChI=1S/C24H32FN5O2/c1-3-8-22-26-23(32-29-22)10-7-11-24(31)30(2)16-6-4-5-9-20-17-21(28-27-20)18-12-14-19(25)15-13-18/h12-15,17H,3-11,16H2,1-2H3,(H,27,28). The van der Waals surface area contributed by atoms with Gasteiger partial charge in [0, 0.05) is 44.1 Å². The first-order valence-electron chi connectivity index (χ1n) is 11.4. The highest BCUT2D eigenvalue weighted by atomic mass is 19.1. The third-order valence-corrected chi connectivity index (χ3v) is 5.40. The molecule has 3 aromatic rings. The maximum Gasteiger partial charge on any atom is 0.226 e. The van der Waals surface area contributed by atoms with E-state index in [-0.39, 0.29) is 11.7 Å². The van der Waals surface area contributed by atoms with Gasteiger partial charge in [0.15, 0.2) is 5.82 Å². The highest BCUT2D eigenvalue weighted by Crippen LogP contribution is 2.19. The van der Waals surface area contributed by atoms with Crippen molar-refractivity contribution in [3.8, 4) is 11.3 Å². The molecule has 0 radical (unpaired) electrons. The fourth-order valence-electron chi connectivity index (χ4n) is 3.52. The minimum Gasteiger partial charge on any atom is -0.346 e. The Hall–Kier alpha value is -3.03. The van der Waals surface area contributed by atoms with Crippen LogP contribution < -0.4 is 0 Å². The minimum absolute atomic E-state index is 0.149. The quantitative estimate of drug-likeness (QED) is 0.387. The second-order valence-corrected chi connectivity index (χ2v) is 8.12. The SMILES string of the molecule is CCCc1noc(CCCC(=O)N(C)CCCCCc2cc(-c3ccc(F)cc3)n[nH]2)n1. The van der Waals surface area contributed by atoms with Gasteiger partial charge in [-0.15, -0.1) is 0 Å². The van der Waals surface area contributed by atoms with Crippen LogP contribution in [-0.2, 0) is 24.1 Å². The van der Waals surface area contributed by atoms with Gasteiger partial charge in [-0.2, -0.15) is 10.1 Å². The number of halogens is 1. The summed E-state index contributed by atoms with van der Waals surface area (Å²) in [4.78, 5) is 18.4. The number of benzene rings is 1. The van der Waals surface area contributed by atoms with Crippen LogP contribution in [0.1, 0.15) is 62.9 Å². The van der Waals surface area contributed by atoms with Crippen molar-refractivity contribution in [1.29, 1.82) is 0 Å². The molecule has 8 heteroatoms. The Morgan fingerprint density at radius 3 is 2.69 bits per heavy atom. The molecule has 0 aliphatic heterocycles. The minimum atomic E-state index is -0.249. The molecule has 0 spiro atoms. The van der Waals surface area contributed by atoms with Crippen LogP contribution in [0.2, 0.25) is 0 Å². The molecule has 0 saturated carbocycles. The number of carbonyl (C=O) groups is 1. The number of hydrogen-bond donors (Lipinski definition) is 1. The van der Waals surface area contributed by atoms with Crippen molar-refractivity contribution < 1.29 is 13.7 Å². The molecule has 0 saturated heterocycles. The zero-order chi connectivity index (χ0) is 22.8. The van der Waals surface area contributed by atoms with Gasteiger partial charge in [0.05, 0.1) is 5.69 Å². The zero-order valence-corrected chi connectivity index (χ0v) is 18.9. The first kappa shape index (κ1) is 23.6. The average molecular weight is 442 g/mol. The Morgan fingerprint density at radius 2 is 1.91 bits per heavy atom. The van der Waals surface area contributed by atoms with Gasteiger partial charge in [-0.05, 0) is 62.4 Å². The van der Waals surface area contributed by atoms with Crippen molar-refractivity contribution in [3.63, 3.8) is 0 Å². The number of amides is 1. The van der Waals surface area contributed by atoms with Crippen molar-refractivity contribution in [2.45, 2.75) is 64.7 Å². The molecule has 1 amide bonds. The van der Waals surface area contributed by atoms with Gasteiger partial charge in [0.1, 0.15) is 5.82 Å². The molecule has 0 fully saturated rings. The molecule has 7 nitrogen and oxygen atoms in total. The molecule has 0 atom stereocenters. The third kappa shape index (κ3) is 7.28. The lowest BCUT2D eigenvalue weighted by Crippen LogP contribution is -2.27. The number of aryl methyl sites for hydroxylation is 3. The molecule has 0 aliphatic carbocycles. The van der Waals surface area contributed by atoms with Crippen molar-refractivity contribution in [3.05, 3.63) is 53.6 Å². The van der Waals surface area contributed by atoms with E-state index in [2.05, 4.69) is 27.3 Å². The number of aromatic amines is 1. The molecule has 0 aliphatic rings. The maximum atomic E-state index is 13.0. The van der Waals surface area contributed by atoms with E-state index in [1.165, 1.54) is 12.1 Å². The van der Waals surface area contributed by atoms with E-state index in [0.29, 0.717) is 25.2 Å². The lowest BCUT2D eigenvalue weighted by Gasteiger charge is -2.16. The lowest BCUT2D eigenvalue weighted by atomic mass is 10.1. The number of hydrogen-bond acceptors (Lipinski definition) is 5. The predicted molar refractivity (Wildman–Crippen MR) is 120 cm³/mol. The van der Waals surface area contributed by atoms with E-state index < -0.39 is 0 Å². The van der Waals surface area contributed by atoms with E-state index in [4.69, 9.17) is 4.52 Å². The van der Waals surface area contributed by atoms with Gasteiger partial charge in [-0.1, -0.05) is 18.5 Å². The normalized spacial score (nSPS) is 11.1. The zero-order valence-electron chi connectivity index (χ0n) is 18.9. The van der Waals surface area contributed by atoms with Gasteiger partial charge < -0.3 is 9.42 Å². The highest BCUT2D eigenvalue weighted by molar-refractivity contribution is 5.75. The van der Waals surface area contributed by atoms with Crippen molar-refractivity contribution in [2.75, 3.05) is 13.6 Å². The summed E-state index contributed by atoms with van der Waals surface area (Å²) in [5.41, 5.74) is 2.79. The first-order valence-corrected chi connectivity index (χ1v) is 11.4. The van der Waals surface area contributed by atoms with Gasteiger partial charge in [0.25, 0.3) is 0 Å². The molecule has 1 N–H and O–H groups in total. The van der Waals surface area contributed by atoms with Crippen LogP contribution in [0.4, 0.5) is 4.39 Å². The Labute approximate surface area is 188 Å². The average Bonchev–Trinajstić information content (AvgIpc) is 3.44. The first-order chi connectivity index (χ1) is 15.5. The molecule has 32 heavy (non-hydrogen) atoms. The second kappa shape index (κ2) is 12.1. The molecule has 3 rings (SSSR count). The molecule has 2 aromatic heterocycles. The summed E-state index contributed by atoms with van der Waals surface area (Å²) in [6.45, 7) is 2.83. The van der Waals surface area contributed by atoms with E-state index >= 15 is 0 Å². The number of rotatable bonds is 13. The number of H-pyrrole nitrogens is 1. The molecular weight excluding hydrogens is 409 g/mol. The third-order valence-electron chi connectivity index (χ3n) is 5.40. The highest BCUT2D eigenvalue weighted by Gasteiger charge is 2.11. The van der Waals surface area contributed by atoms with E-state index in [1.807, 2.05) is 13.1 Å². The molecule has 0 bridgehead atoms. The van der Waals surface area contributed by atoms with Crippen LogP contribution in [0.25, 0.3) is 11.3 Å². The van der Waals surface area contributed by atoms with E-state index in [9.17, 15) is 9.18 Å². The number of carbonyl (C=O) groups excluding carboxylic acids is 1. The molecular formula is C24H32FN5O2. The fourth-order valence-corrected chi connectivity index (χ4v) is 3.52. The topological polar surface area (TPSA) is 87.9 Å². The lowest BCUT2D eigenvalue weighted by molar-refractivity contribution is -0.130. The van der Waals surface area contributed by atoms with Crippen molar-refractivity contribution >= 4 is 5.91 Å². The number of nitrogens with one attached hydrogen (secondary N) is 1. The van der Waals surface area contributed by atoms with Crippen LogP contribution in [0, 0.1) is 5.82 Å². The van der Waals surface area contributed by atoms with Gasteiger partial charge in [-0.3, -0.25) is 9.89 Å². The summed E-state index contributed by atoms with van der Waals surface area (Å²) < 4.78 is 18.3. The van der Waals surface area contributed by atoms with E-state index in [1.54, 1.807) is 17.0 Å². The predicted octanol–water partition coefficient (Wildman–Crippen LogP) is 4.75. The monoisotopic (exact) mass is 441 g/mol. The Bertz CT molecular complexity index is 967. The van der Waals surface area contributed by atoms with Crippen LogP contribution in [0.3, 0.4) is 0 Å². The van der Waals surface area contributed by atoms with Gasteiger partial charge in [0.2, 0.25) is 11.8 Å². The second-order valence-electron chi connectivity index (χ2n) is 8.12. The summed E-state index contributed by atoms with van der Waals surface area (Å²) in [6, 6.07) is 8.35. The van der Waals surface area contributed by atoms with Gasteiger partial charge >= 0.3 is 0 Å². The Morgan fingerprint density at radius 1 is 1.09 bits per heavy atom. The van der Waals surface area contributed by atoms with Gasteiger partial charge in [-0.25, -0.2) is 4.39 Å². The van der Waals surface area contributed by atoms with Crippen LogP contribution >= 0.6 is 0 Å². The van der Waals surface area contributed by atoms with Crippen LogP contribution in [0.5, 0.6) is 0 Å². The summed E-state index contributed by atoms with van der Waals surface area (Å²) in [5.74, 6) is 1.26. The Balaban J connectivity index is 1.28. The van der Waals surface area contributed by atoms with E-state index in [0.717, 1.165) is 67.8 Å². The largest absolute Gasteiger partial charge is 0.346 e. The summed E-state index contributed by atoms with van der Waals surface area (Å²) >= 11 is 0. The molecule has 172 valence electrons. The molecule has 1 aromatic carbocycles. The number of unbranched alkanes of at least 4 members (excludes halogenated alkanes) is 2. The number of nitrogens with zero attached hydrogens (tertiary/aromatic N) is 4. The smallest absolute Gasteiger partial charge is 0.226 e. The van der Waals surface area contributed by atoms with Crippen molar-refractivity contribution in [1.82, 2.24) is 25.2 Å². The van der Waals surface area contributed by atoms with Crippen LogP contribution in [-0.4, -0.2) is 44.7 Å². The molecule has 0 unspecified atom stereocenters. The molecule has 2 heterocycles. The van der Waals surface area contributed by atoms with Crippen LogP contribution in [0.15, 0.2) is 34.9 Å². The van der Waals surface area contributed by atoms with Crippen molar-refractivity contribution in [2.24, 2.45) is 0 Å². The summed E-state index contributed by atoms with van der Waals surface area (Å²) in [5, 5.41) is 11.3. The fraction of sp³-hybridized carbons (Fsp3) is 0.500. The summed E-state index contributed by atoms with van der Waals surface area (Å²) in [7, 11) is 1.86. The summed E-state index contributed by atoms with van der Waals surface area (Å²) in [6.07, 6.45) is 7.56. The maximum absolute atomic E-state index is 13.0. The Kier molecular flexibility index (Phi) is 8.95.